The van der Waals surface area contributed by atoms with Crippen LogP contribution in [0, 0.1) is 0 Å². The topological polar surface area (TPSA) is 54.2 Å². The fourth-order valence-electron chi connectivity index (χ4n) is 1.74. The van der Waals surface area contributed by atoms with Gasteiger partial charge in [0, 0.05) is 38.1 Å². The molecule has 0 radical (unpaired) electrons. The molecule has 0 saturated heterocycles. The summed E-state index contributed by atoms with van der Waals surface area (Å²) < 4.78 is 5.52. The van der Waals surface area contributed by atoms with Crippen LogP contribution in [0.2, 0.25) is 0 Å². The molecule has 0 aliphatic heterocycles. The second-order valence-electron chi connectivity index (χ2n) is 5.94. The normalized spacial score (nSPS) is 11.6. The Bertz CT molecular complexity index is 530. The van der Waals surface area contributed by atoms with E-state index in [1.807, 2.05) is 30.3 Å². The molecular formula is C15H22N4O. The quantitative estimate of drug-likeness (QED) is 0.908. The fourth-order valence-corrected chi connectivity index (χ4v) is 1.74. The third-order valence-corrected chi connectivity index (χ3v) is 2.81. The van der Waals surface area contributed by atoms with Gasteiger partial charge in [-0.1, -0.05) is 6.07 Å². The second kappa shape index (κ2) is 6.05. The molecule has 2 aromatic heterocycles. The molecule has 0 atom stereocenters. The van der Waals surface area contributed by atoms with Gasteiger partial charge in [-0.25, -0.2) is 0 Å². The van der Waals surface area contributed by atoms with Crippen LogP contribution in [-0.4, -0.2) is 22.6 Å². The molecule has 0 amide bonds. The van der Waals surface area contributed by atoms with Crippen LogP contribution >= 0.6 is 0 Å². The first-order chi connectivity index (χ1) is 9.44. The van der Waals surface area contributed by atoms with E-state index in [0.717, 1.165) is 17.8 Å². The Morgan fingerprint density at radius 2 is 2.15 bits per heavy atom. The van der Waals surface area contributed by atoms with Gasteiger partial charge in [-0.15, -0.1) is 0 Å². The fraction of sp³-hybridized carbons (Fsp3) is 0.467. The summed E-state index contributed by atoms with van der Waals surface area (Å²) in [5.41, 5.74) is 2.11. The van der Waals surface area contributed by atoms with Crippen molar-refractivity contribution in [3.05, 3.63) is 42.0 Å². The Balaban J connectivity index is 1.94. The van der Waals surface area contributed by atoms with Gasteiger partial charge in [0.25, 0.3) is 6.01 Å². The monoisotopic (exact) mass is 274 g/mol. The molecule has 1 N–H and O–H groups in total. The van der Waals surface area contributed by atoms with Crippen LogP contribution in [0.5, 0.6) is 0 Å². The number of rotatable bonds is 5. The lowest BCUT2D eigenvalue weighted by atomic mass is 10.1. The standard InChI is InChI=1S/C15H22N4O/c1-15(2,3)17-9-13-11-20-14(18-13)19(4)10-12-6-5-7-16-8-12/h5-8,11,17H,9-10H2,1-4H3. The minimum absolute atomic E-state index is 0.0702. The van der Waals surface area contributed by atoms with E-state index in [1.165, 1.54) is 0 Å². The largest absolute Gasteiger partial charge is 0.432 e. The van der Waals surface area contributed by atoms with Crippen molar-refractivity contribution in [1.82, 2.24) is 15.3 Å². The van der Waals surface area contributed by atoms with Gasteiger partial charge < -0.3 is 14.6 Å². The van der Waals surface area contributed by atoms with Crippen molar-refractivity contribution in [2.45, 2.75) is 39.4 Å². The molecule has 5 nitrogen and oxygen atoms in total. The minimum Gasteiger partial charge on any atom is -0.432 e. The van der Waals surface area contributed by atoms with Gasteiger partial charge in [0.15, 0.2) is 0 Å². The predicted molar refractivity (Wildman–Crippen MR) is 79.4 cm³/mol. The van der Waals surface area contributed by atoms with Crippen LogP contribution in [0.3, 0.4) is 0 Å². The Morgan fingerprint density at radius 1 is 1.35 bits per heavy atom. The maximum Gasteiger partial charge on any atom is 0.297 e. The van der Waals surface area contributed by atoms with Gasteiger partial charge in [0.2, 0.25) is 0 Å². The maximum absolute atomic E-state index is 5.52. The van der Waals surface area contributed by atoms with Gasteiger partial charge in [-0.3, -0.25) is 4.98 Å². The van der Waals surface area contributed by atoms with Crippen LogP contribution in [0.4, 0.5) is 6.01 Å². The molecule has 20 heavy (non-hydrogen) atoms. The summed E-state index contributed by atoms with van der Waals surface area (Å²) in [6.45, 7) is 7.81. The summed E-state index contributed by atoms with van der Waals surface area (Å²) in [7, 11) is 1.96. The lowest BCUT2D eigenvalue weighted by Gasteiger charge is -2.19. The van der Waals surface area contributed by atoms with Crippen LogP contribution in [-0.2, 0) is 13.1 Å². The Labute approximate surface area is 120 Å². The Morgan fingerprint density at radius 3 is 2.80 bits per heavy atom. The number of oxazole rings is 1. The van der Waals surface area contributed by atoms with Crippen LogP contribution < -0.4 is 10.2 Å². The number of anilines is 1. The average molecular weight is 274 g/mol. The second-order valence-corrected chi connectivity index (χ2v) is 5.94. The first-order valence-electron chi connectivity index (χ1n) is 6.73. The summed E-state index contributed by atoms with van der Waals surface area (Å²) in [6, 6.07) is 4.59. The number of hydrogen-bond donors (Lipinski definition) is 1. The van der Waals surface area contributed by atoms with E-state index >= 15 is 0 Å². The summed E-state index contributed by atoms with van der Waals surface area (Å²) in [5, 5.41) is 3.39. The molecular weight excluding hydrogens is 252 g/mol. The summed E-state index contributed by atoms with van der Waals surface area (Å²) in [5.74, 6) is 0. The number of nitrogens with zero attached hydrogens (tertiary/aromatic N) is 3. The molecule has 108 valence electrons. The molecule has 0 bridgehead atoms. The maximum atomic E-state index is 5.52. The van der Waals surface area contributed by atoms with Crippen molar-refractivity contribution in [3.8, 4) is 0 Å². The number of nitrogens with one attached hydrogen (secondary N) is 1. The van der Waals surface area contributed by atoms with E-state index in [1.54, 1.807) is 12.5 Å². The summed E-state index contributed by atoms with van der Waals surface area (Å²) in [4.78, 5) is 10.6. The van der Waals surface area contributed by atoms with Crippen molar-refractivity contribution >= 4 is 6.01 Å². The average Bonchev–Trinajstić information content (AvgIpc) is 2.86. The highest BCUT2D eigenvalue weighted by molar-refractivity contribution is 5.28. The highest BCUT2D eigenvalue weighted by Gasteiger charge is 2.13. The van der Waals surface area contributed by atoms with E-state index in [0.29, 0.717) is 12.6 Å². The third-order valence-electron chi connectivity index (χ3n) is 2.81. The van der Waals surface area contributed by atoms with Crippen LogP contribution in [0.25, 0.3) is 0 Å². The molecule has 2 rings (SSSR count). The summed E-state index contributed by atoms with van der Waals surface area (Å²) in [6.07, 6.45) is 5.32. The number of pyridine rings is 1. The van der Waals surface area contributed by atoms with E-state index in [-0.39, 0.29) is 5.54 Å². The van der Waals surface area contributed by atoms with E-state index < -0.39 is 0 Å². The van der Waals surface area contributed by atoms with Crippen LogP contribution in [0.1, 0.15) is 32.0 Å². The molecule has 0 saturated carbocycles. The zero-order chi connectivity index (χ0) is 14.6. The molecule has 2 aromatic rings. The van der Waals surface area contributed by atoms with E-state index in [4.69, 9.17) is 4.42 Å². The summed E-state index contributed by atoms with van der Waals surface area (Å²) >= 11 is 0. The van der Waals surface area contributed by atoms with Gasteiger partial charge in [-0.2, -0.15) is 4.98 Å². The minimum atomic E-state index is 0.0702. The predicted octanol–water partition coefficient (Wildman–Crippen LogP) is 2.59. The number of aromatic nitrogens is 2. The zero-order valence-electron chi connectivity index (χ0n) is 12.6. The highest BCUT2D eigenvalue weighted by atomic mass is 16.4. The van der Waals surface area contributed by atoms with E-state index in [9.17, 15) is 0 Å². The van der Waals surface area contributed by atoms with Gasteiger partial charge in [0.1, 0.15) is 6.26 Å². The van der Waals surface area contributed by atoms with Gasteiger partial charge in [0.05, 0.1) is 5.69 Å². The molecule has 2 heterocycles. The van der Waals surface area contributed by atoms with Gasteiger partial charge >= 0.3 is 0 Å². The lowest BCUT2D eigenvalue weighted by molar-refractivity contribution is 0.421. The first kappa shape index (κ1) is 14.5. The third kappa shape index (κ3) is 4.35. The van der Waals surface area contributed by atoms with Gasteiger partial charge in [-0.05, 0) is 32.4 Å². The molecule has 0 fully saturated rings. The van der Waals surface area contributed by atoms with Crippen molar-refractivity contribution in [2.24, 2.45) is 0 Å². The Hall–Kier alpha value is -1.88. The Kier molecular flexibility index (Phi) is 4.39. The van der Waals surface area contributed by atoms with Crippen LogP contribution in [0.15, 0.2) is 35.2 Å². The molecule has 0 unspecified atom stereocenters. The molecule has 0 aromatic carbocycles. The molecule has 0 spiro atoms. The van der Waals surface area contributed by atoms with Crippen molar-refractivity contribution < 1.29 is 4.42 Å². The van der Waals surface area contributed by atoms with Crippen molar-refractivity contribution in [2.75, 3.05) is 11.9 Å². The zero-order valence-corrected chi connectivity index (χ0v) is 12.6. The van der Waals surface area contributed by atoms with E-state index in [2.05, 4.69) is 36.1 Å². The molecule has 5 heteroatoms. The molecule has 0 aliphatic rings. The lowest BCUT2D eigenvalue weighted by Crippen LogP contribution is -2.35. The molecule has 0 aliphatic carbocycles. The highest BCUT2D eigenvalue weighted by Crippen LogP contribution is 2.15. The van der Waals surface area contributed by atoms with Crippen molar-refractivity contribution in [1.29, 1.82) is 0 Å². The number of hydrogen-bond acceptors (Lipinski definition) is 5. The SMILES string of the molecule is CN(Cc1cccnc1)c1nc(CNC(C)(C)C)co1. The smallest absolute Gasteiger partial charge is 0.297 e. The van der Waals surface area contributed by atoms with Crippen molar-refractivity contribution in [3.63, 3.8) is 0 Å². The first-order valence-corrected chi connectivity index (χ1v) is 6.73.